The molecule has 0 aliphatic heterocycles. The maximum atomic E-state index is 6.09. The number of nitrogens with two attached hydrogens (primary N) is 1. The lowest BCUT2D eigenvalue weighted by molar-refractivity contribution is -0.671. The summed E-state index contributed by atoms with van der Waals surface area (Å²) in [6.07, 6.45) is 0.927. The van der Waals surface area contributed by atoms with Crippen molar-refractivity contribution in [2.45, 2.75) is 19.9 Å². The van der Waals surface area contributed by atoms with Crippen LogP contribution in [0, 0.1) is 0 Å². The molecule has 2 rings (SSSR count). The Kier molecular flexibility index (Phi) is 5.90. The Morgan fingerprint density at radius 1 is 1.10 bits per heavy atom. The van der Waals surface area contributed by atoms with E-state index in [2.05, 4.69) is 36.5 Å². The molecule has 0 atom stereocenters. The van der Waals surface area contributed by atoms with Crippen LogP contribution in [0.2, 0.25) is 5.02 Å². The van der Waals surface area contributed by atoms with Gasteiger partial charge in [0, 0.05) is 10.6 Å². The number of rotatable bonds is 7. The highest BCUT2D eigenvalue weighted by Crippen LogP contribution is 2.22. The van der Waals surface area contributed by atoms with Gasteiger partial charge in [-0.2, -0.15) is 0 Å². The van der Waals surface area contributed by atoms with Gasteiger partial charge < -0.3 is 10.1 Å². The fraction of sp³-hybridized carbons (Fsp3) is 0.294. The first-order valence-electron chi connectivity index (χ1n) is 7.06. The van der Waals surface area contributed by atoms with Gasteiger partial charge in [-0.25, -0.2) is 0 Å². The molecule has 2 N–H and O–H groups in total. The molecule has 2 nitrogen and oxygen atoms in total. The molecule has 0 bridgehead atoms. The van der Waals surface area contributed by atoms with Crippen LogP contribution >= 0.6 is 11.6 Å². The Bertz CT molecular complexity index is 528. The molecular formula is C17H21ClNO+. The van der Waals surface area contributed by atoms with Crippen LogP contribution in [0.4, 0.5) is 0 Å². The third-order valence-electron chi connectivity index (χ3n) is 3.21. The van der Waals surface area contributed by atoms with Crippen LogP contribution in [0.5, 0.6) is 5.75 Å². The van der Waals surface area contributed by atoms with Gasteiger partial charge in [-0.1, -0.05) is 48.9 Å². The number of hydrogen-bond acceptors (Lipinski definition) is 1. The average Bonchev–Trinajstić information content (AvgIpc) is 2.49. The molecule has 0 unspecified atom stereocenters. The molecule has 2 aromatic carbocycles. The lowest BCUT2D eigenvalue weighted by Gasteiger charge is -2.08. The largest absolute Gasteiger partial charge is 0.488 e. The predicted molar refractivity (Wildman–Crippen MR) is 83.3 cm³/mol. The van der Waals surface area contributed by atoms with Crippen LogP contribution in [0.1, 0.15) is 18.1 Å². The molecule has 0 saturated heterocycles. The third-order valence-corrected chi connectivity index (χ3v) is 3.58. The Labute approximate surface area is 125 Å². The lowest BCUT2D eigenvalue weighted by Crippen LogP contribution is -2.83. The normalized spacial score (nSPS) is 10.5. The van der Waals surface area contributed by atoms with Gasteiger partial charge in [0.2, 0.25) is 0 Å². The minimum Gasteiger partial charge on any atom is -0.488 e. The van der Waals surface area contributed by atoms with Crippen LogP contribution in [0.3, 0.4) is 0 Å². The molecule has 0 aliphatic rings. The van der Waals surface area contributed by atoms with E-state index in [1.165, 1.54) is 5.56 Å². The van der Waals surface area contributed by atoms with Crippen molar-refractivity contribution in [3.63, 3.8) is 0 Å². The molecule has 0 heterocycles. The number of hydrogen-bond donors (Lipinski definition) is 1. The SMILES string of the molecule is CCc1cc(OCC[NH2+]Cc2ccccc2)ccc1Cl. The van der Waals surface area contributed by atoms with E-state index in [4.69, 9.17) is 16.3 Å². The van der Waals surface area contributed by atoms with E-state index >= 15 is 0 Å². The van der Waals surface area contributed by atoms with Crippen LogP contribution < -0.4 is 10.1 Å². The summed E-state index contributed by atoms with van der Waals surface area (Å²) < 4.78 is 5.75. The second-order valence-corrected chi connectivity index (χ2v) is 5.13. The molecule has 0 aliphatic carbocycles. The fourth-order valence-corrected chi connectivity index (χ4v) is 2.31. The smallest absolute Gasteiger partial charge is 0.137 e. The number of quaternary nitrogens is 1. The van der Waals surface area contributed by atoms with E-state index in [0.717, 1.165) is 35.8 Å². The van der Waals surface area contributed by atoms with Crippen LogP contribution in [0.15, 0.2) is 48.5 Å². The van der Waals surface area contributed by atoms with Crippen molar-refractivity contribution in [3.05, 3.63) is 64.7 Å². The van der Waals surface area contributed by atoms with E-state index in [1.807, 2.05) is 24.3 Å². The highest BCUT2D eigenvalue weighted by Gasteiger charge is 2.01. The molecule has 0 radical (unpaired) electrons. The summed E-state index contributed by atoms with van der Waals surface area (Å²) in [5, 5.41) is 3.07. The fourth-order valence-electron chi connectivity index (χ4n) is 2.05. The number of benzene rings is 2. The molecular weight excluding hydrogens is 270 g/mol. The Morgan fingerprint density at radius 2 is 1.90 bits per heavy atom. The summed E-state index contributed by atoms with van der Waals surface area (Å²) in [6, 6.07) is 16.3. The topological polar surface area (TPSA) is 25.8 Å². The first kappa shape index (κ1) is 14.9. The van der Waals surface area contributed by atoms with Crippen LogP contribution in [-0.2, 0) is 13.0 Å². The molecule has 106 valence electrons. The monoisotopic (exact) mass is 290 g/mol. The Morgan fingerprint density at radius 3 is 2.65 bits per heavy atom. The van der Waals surface area contributed by atoms with Gasteiger partial charge in [0.1, 0.15) is 25.4 Å². The zero-order valence-corrected chi connectivity index (χ0v) is 12.6. The molecule has 0 spiro atoms. The van der Waals surface area contributed by atoms with Gasteiger partial charge in [-0.3, -0.25) is 0 Å². The van der Waals surface area contributed by atoms with Crippen molar-refractivity contribution in [2.75, 3.05) is 13.2 Å². The van der Waals surface area contributed by atoms with Gasteiger partial charge in [0.25, 0.3) is 0 Å². The molecule has 0 amide bonds. The zero-order chi connectivity index (χ0) is 14.2. The van der Waals surface area contributed by atoms with Crippen molar-refractivity contribution in [1.82, 2.24) is 0 Å². The summed E-state index contributed by atoms with van der Waals surface area (Å²) in [7, 11) is 0. The Balaban J connectivity index is 1.71. The number of ether oxygens (including phenoxy) is 1. The first-order valence-corrected chi connectivity index (χ1v) is 7.44. The van der Waals surface area contributed by atoms with E-state index in [-0.39, 0.29) is 0 Å². The van der Waals surface area contributed by atoms with E-state index in [0.29, 0.717) is 6.61 Å². The van der Waals surface area contributed by atoms with E-state index in [1.54, 1.807) is 0 Å². The summed E-state index contributed by atoms with van der Waals surface area (Å²) in [6.45, 7) is 4.74. The van der Waals surface area contributed by atoms with Crippen LogP contribution in [0.25, 0.3) is 0 Å². The quantitative estimate of drug-likeness (QED) is 0.779. The van der Waals surface area contributed by atoms with Gasteiger partial charge in [0.15, 0.2) is 0 Å². The summed E-state index contributed by atoms with van der Waals surface area (Å²) in [4.78, 5) is 0. The van der Waals surface area contributed by atoms with Crippen molar-refractivity contribution in [2.24, 2.45) is 0 Å². The summed E-state index contributed by atoms with van der Waals surface area (Å²) in [5.41, 5.74) is 2.48. The molecule has 0 fully saturated rings. The maximum Gasteiger partial charge on any atom is 0.137 e. The predicted octanol–water partition coefficient (Wildman–Crippen LogP) is 3.04. The Hall–Kier alpha value is -1.51. The minimum absolute atomic E-state index is 0.706. The first-order chi connectivity index (χ1) is 9.79. The molecule has 0 aromatic heterocycles. The van der Waals surface area contributed by atoms with Gasteiger partial charge in [0.05, 0.1) is 0 Å². The van der Waals surface area contributed by atoms with Gasteiger partial charge in [-0.05, 0) is 30.2 Å². The molecule has 3 heteroatoms. The summed E-state index contributed by atoms with van der Waals surface area (Å²) >= 11 is 6.09. The molecule has 20 heavy (non-hydrogen) atoms. The average molecular weight is 291 g/mol. The zero-order valence-electron chi connectivity index (χ0n) is 11.8. The number of aryl methyl sites for hydroxylation is 1. The maximum absolute atomic E-state index is 6.09. The van der Waals surface area contributed by atoms with E-state index in [9.17, 15) is 0 Å². The standard InChI is InChI=1S/C17H20ClNO/c1-2-15-12-16(8-9-17(15)18)20-11-10-19-13-14-6-4-3-5-7-14/h3-9,12,19H,2,10-11,13H2,1H3/p+1. The highest BCUT2D eigenvalue weighted by molar-refractivity contribution is 6.31. The van der Waals surface area contributed by atoms with Gasteiger partial charge in [-0.15, -0.1) is 0 Å². The highest BCUT2D eigenvalue weighted by atomic mass is 35.5. The lowest BCUT2D eigenvalue weighted by atomic mass is 10.1. The van der Waals surface area contributed by atoms with E-state index < -0.39 is 0 Å². The van der Waals surface area contributed by atoms with Crippen molar-refractivity contribution in [3.8, 4) is 5.75 Å². The molecule has 0 saturated carbocycles. The van der Waals surface area contributed by atoms with Crippen LogP contribution in [-0.4, -0.2) is 13.2 Å². The third kappa shape index (κ3) is 4.55. The summed E-state index contributed by atoms with van der Waals surface area (Å²) in [5.74, 6) is 0.902. The van der Waals surface area contributed by atoms with Gasteiger partial charge >= 0.3 is 0 Å². The second kappa shape index (κ2) is 7.93. The second-order valence-electron chi connectivity index (χ2n) is 4.72. The van der Waals surface area contributed by atoms with Crippen molar-refractivity contribution >= 4 is 11.6 Å². The number of halogens is 1. The van der Waals surface area contributed by atoms with Crippen molar-refractivity contribution < 1.29 is 10.1 Å². The minimum atomic E-state index is 0.706. The van der Waals surface area contributed by atoms with Crippen molar-refractivity contribution in [1.29, 1.82) is 0 Å². The molecule has 2 aromatic rings.